The summed E-state index contributed by atoms with van der Waals surface area (Å²) >= 11 is 5.19. The van der Waals surface area contributed by atoms with Crippen LogP contribution in [0.2, 0.25) is 0 Å². The summed E-state index contributed by atoms with van der Waals surface area (Å²) in [6, 6.07) is 10.8. The van der Waals surface area contributed by atoms with Crippen molar-refractivity contribution in [3.8, 4) is 0 Å². The smallest absolute Gasteiger partial charge is 0.0701 e. The van der Waals surface area contributed by atoms with Gasteiger partial charge in [-0.1, -0.05) is 19.1 Å². The Morgan fingerprint density at radius 3 is 2.50 bits per heavy atom. The second-order valence-electron chi connectivity index (χ2n) is 3.66. The fourth-order valence-electron chi connectivity index (χ4n) is 1.50. The van der Waals surface area contributed by atoms with Gasteiger partial charge in [0.1, 0.15) is 0 Å². The first-order chi connectivity index (χ1) is 7.78. The highest BCUT2D eigenvalue weighted by Gasteiger charge is 1.97. The Labute approximate surface area is 109 Å². The molecule has 84 valence electrons. The third kappa shape index (κ3) is 3.09. The Hall–Kier alpha value is -0.800. The second-order valence-corrected chi connectivity index (χ2v) is 5.95. The van der Waals surface area contributed by atoms with Crippen molar-refractivity contribution in [2.24, 2.45) is 0 Å². The molecule has 16 heavy (non-hydrogen) atoms. The van der Waals surface area contributed by atoms with Crippen molar-refractivity contribution in [1.29, 1.82) is 0 Å². The van der Waals surface area contributed by atoms with Crippen molar-refractivity contribution >= 4 is 33.0 Å². The average Bonchev–Trinajstić information content (AvgIpc) is 2.73. The van der Waals surface area contributed by atoms with Gasteiger partial charge in [-0.2, -0.15) is 0 Å². The molecule has 2 rings (SSSR count). The van der Waals surface area contributed by atoms with Gasteiger partial charge in [0.15, 0.2) is 0 Å². The van der Waals surface area contributed by atoms with E-state index in [1.165, 1.54) is 20.6 Å². The summed E-state index contributed by atoms with van der Waals surface area (Å²) in [7, 11) is 0. The summed E-state index contributed by atoms with van der Waals surface area (Å²) < 4.78 is 1.19. The minimum absolute atomic E-state index is 0.883. The van der Waals surface area contributed by atoms with Crippen LogP contribution in [-0.4, -0.2) is 0 Å². The Morgan fingerprint density at radius 1 is 1.19 bits per heavy atom. The molecule has 0 spiro atoms. The van der Waals surface area contributed by atoms with Crippen LogP contribution in [0.3, 0.4) is 0 Å². The maximum Gasteiger partial charge on any atom is 0.0701 e. The molecule has 0 unspecified atom stereocenters. The fourth-order valence-corrected chi connectivity index (χ4v) is 2.71. The average molecular weight is 296 g/mol. The first kappa shape index (κ1) is 11.7. The number of aryl methyl sites for hydroxylation is 1. The van der Waals surface area contributed by atoms with Gasteiger partial charge in [0.25, 0.3) is 0 Å². The molecule has 0 aliphatic carbocycles. The molecule has 0 fully saturated rings. The number of hydrogen-bond donors (Lipinski definition) is 1. The van der Waals surface area contributed by atoms with Crippen LogP contribution >= 0.6 is 27.3 Å². The first-order valence-corrected chi connectivity index (χ1v) is 7.01. The number of benzene rings is 1. The van der Waals surface area contributed by atoms with Crippen LogP contribution in [0.4, 0.5) is 5.69 Å². The zero-order chi connectivity index (χ0) is 11.4. The topological polar surface area (TPSA) is 12.0 Å². The summed E-state index contributed by atoms with van der Waals surface area (Å²) in [4.78, 5) is 0. The molecule has 1 N–H and O–H groups in total. The predicted octanol–water partition coefficient (Wildman–Crippen LogP) is 4.69. The van der Waals surface area contributed by atoms with Gasteiger partial charge < -0.3 is 5.32 Å². The highest BCUT2D eigenvalue weighted by Crippen LogP contribution is 2.21. The van der Waals surface area contributed by atoms with Crippen molar-refractivity contribution in [1.82, 2.24) is 0 Å². The van der Waals surface area contributed by atoms with E-state index in [4.69, 9.17) is 0 Å². The maximum absolute atomic E-state index is 3.47. The van der Waals surface area contributed by atoms with E-state index in [0.29, 0.717) is 0 Å². The van der Waals surface area contributed by atoms with Gasteiger partial charge in [-0.3, -0.25) is 0 Å². The number of nitrogens with one attached hydrogen (secondary N) is 1. The third-order valence-electron chi connectivity index (χ3n) is 2.48. The van der Waals surface area contributed by atoms with E-state index in [1.807, 2.05) is 0 Å². The summed E-state index contributed by atoms with van der Waals surface area (Å²) in [6.45, 7) is 3.05. The first-order valence-electron chi connectivity index (χ1n) is 5.33. The molecule has 2 aromatic rings. The molecule has 0 atom stereocenters. The lowest BCUT2D eigenvalue weighted by Crippen LogP contribution is -1.97. The van der Waals surface area contributed by atoms with E-state index in [0.717, 1.165) is 13.0 Å². The van der Waals surface area contributed by atoms with Gasteiger partial charge in [0, 0.05) is 12.2 Å². The predicted molar refractivity (Wildman–Crippen MR) is 75.2 cm³/mol. The molecule has 0 amide bonds. The van der Waals surface area contributed by atoms with Gasteiger partial charge in [0.05, 0.1) is 3.79 Å². The van der Waals surface area contributed by atoms with Gasteiger partial charge in [-0.25, -0.2) is 0 Å². The second kappa shape index (κ2) is 5.51. The lowest BCUT2D eigenvalue weighted by molar-refractivity contribution is 1.13. The monoisotopic (exact) mass is 295 g/mol. The minimum atomic E-state index is 0.883. The van der Waals surface area contributed by atoms with Crippen molar-refractivity contribution in [2.45, 2.75) is 19.9 Å². The van der Waals surface area contributed by atoms with E-state index in [9.17, 15) is 0 Å². The van der Waals surface area contributed by atoms with Crippen molar-refractivity contribution in [2.75, 3.05) is 5.32 Å². The summed E-state index contributed by atoms with van der Waals surface area (Å²) in [5.41, 5.74) is 3.87. The number of hydrogen-bond acceptors (Lipinski definition) is 2. The molecular weight excluding hydrogens is 282 g/mol. The molecule has 1 aromatic heterocycles. The van der Waals surface area contributed by atoms with Gasteiger partial charge in [-0.15, -0.1) is 11.3 Å². The molecule has 1 nitrogen and oxygen atoms in total. The van der Waals surface area contributed by atoms with Crippen LogP contribution in [0.25, 0.3) is 0 Å². The Balaban J connectivity index is 1.94. The number of rotatable bonds is 4. The van der Waals surface area contributed by atoms with E-state index >= 15 is 0 Å². The zero-order valence-electron chi connectivity index (χ0n) is 9.16. The molecule has 3 heteroatoms. The highest BCUT2D eigenvalue weighted by atomic mass is 79.9. The number of anilines is 1. The van der Waals surface area contributed by atoms with Crippen LogP contribution in [0.5, 0.6) is 0 Å². The number of thiophene rings is 1. The summed E-state index contributed by atoms with van der Waals surface area (Å²) in [5, 5.41) is 5.58. The zero-order valence-corrected chi connectivity index (χ0v) is 11.6. The van der Waals surface area contributed by atoms with E-state index in [-0.39, 0.29) is 0 Å². The van der Waals surface area contributed by atoms with Crippen LogP contribution in [0.1, 0.15) is 18.1 Å². The van der Waals surface area contributed by atoms with E-state index < -0.39 is 0 Å². The molecular formula is C13H14BrNS. The highest BCUT2D eigenvalue weighted by molar-refractivity contribution is 9.11. The van der Waals surface area contributed by atoms with Gasteiger partial charge in [0.2, 0.25) is 0 Å². The normalized spacial score (nSPS) is 10.4. The van der Waals surface area contributed by atoms with E-state index in [2.05, 4.69) is 63.9 Å². The number of halogens is 1. The van der Waals surface area contributed by atoms with Gasteiger partial charge >= 0.3 is 0 Å². The summed E-state index contributed by atoms with van der Waals surface area (Å²) in [5.74, 6) is 0. The molecule has 0 radical (unpaired) electrons. The minimum Gasteiger partial charge on any atom is -0.381 e. The SMILES string of the molecule is CCc1ccc(NCc2csc(Br)c2)cc1. The van der Waals surface area contributed by atoms with Crippen molar-refractivity contribution in [3.63, 3.8) is 0 Å². The molecule has 0 saturated heterocycles. The molecule has 0 bridgehead atoms. The van der Waals surface area contributed by atoms with Gasteiger partial charge in [-0.05, 0) is 57.1 Å². The maximum atomic E-state index is 3.47. The lowest BCUT2D eigenvalue weighted by atomic mass is 10.1. The van der Waals surface area contributed by atoms with Crippen LogP contribution in [-0.2, 0) is 13.0 Å². The van der Waals surface area contributed by atoms with E-state index in [1.54, 1.807) is 11.3 Å². The fraction of sp³-hybridized carbons (Fsp3) is 0.231. The summed E-state index contributed by atoms with van der Waals surface area (Å²) in [6.07, 6.45) is 1.09. The Morgan fingerprint density at radius 2 is 1.94 bits per heavy atom. The molecule has 0 saturated carbocycles. The quantitative estimate of drug-likeness (QED) is 0.863. The van der Waals surface area contributed by atoms with Crippen LogP contribution < -0.4 is 5.32 Å². The Kier molecular flexibility index (Phi) is 4.02. The van der Waals surface area contributed by atoms with Crippen LogP contribution in [0.15, 0.2) is 39.5 Å². The largest absolute Gasteiger partial charge is 0.381 e. The molecule has 1 heterocycles. The molecule has 1 aromatic carbocycles. The molecule has 0 aliphatic heterocycles. The third-order valence-corrected chi connectivity index (χ3v) is 4.03. The van der Waals surface area contributed by atoms with Crippen LogP contribution in [0, 0.1) is 0 Å². The lowest BCUT2D eigenvalue weighted by Gasteiger charge is -2.05. The molecule has 0 aliphatic rings. The van der Waals surface area contributed by atoms with Crippen molar-refractivity contribution < 1.29 is 0 Å². The standard InChI is InChI=1S/C13H14BrNS/c1-2-10-3-5-12(6-4-10)15-8-11-7-13(14)16-9-11/h3-7,9,15H,2,8H2,1H3. The Bertz CT molecular complexity index is 447. The van der Waals surface area contributed by atoms with Crippen molar-refractivity contribution in [3.05, 3.63) is 50.6 Å².